The van der Waals surface area contributed by atoms with Crippen LogP contribution < -0.4 is 0 Å². The zero-order valence-corrected chi connectivity index (χ0v) is 29.4. The molecule has 0 fully saturated rings. The van der Waals surface area contributed by atoms with Crippen molar-refractivity contribution in [3.8, 4) is 67.2 Å². The summed E-state index contributed by atoms with van der Waals surface area (Å²) in [6.07, 6.45) is 5.74. The van der Waals surface area contributed by atoms with Crippen molar-refractivity contribution in [2.75, 3.05) is 0 Å². The summed E-state index contributed by atoms with van der Waals surface area (Å²) < 4.78 is 0. The maximum atomic E-state index is 4.71. The van der Waals surface area contributed by atoms with E-state index in [1.807, 2.05) is 36.8 Å². The smallest absolute Gasteiger partial charge is 0.0708 e. The van der Waals surface area contributed by atoms with Gasteiger partial charge in [0.05, 0.1) is 17.1 Å². The minimum absolute atomic E-state index is 0.963. The molecule has 10 aromatic rings. The molecule has 0 spiro atoms. The van der Waals surface area contributed by atoms with Crippen LogP contribution in [0.5, 0.6) is 0 Å². The fourth-order valence-corrected chi connectivity index (χ4v) is 7.68. The van der Waals surface area contributed by atoms with Gasteiger partial charge in [0.15, 0.2) is 0 Å². The molecule has 0 aliphatic rings. The monoisotopic (exact) mass is 687 g/mol. The van der Waals surface area contributed by atoms with Gasteiger partial charge in [0, 0.05) is 35.3 Å². The van der Waals surface area contributed by atoms with Crippen molar-refractivity contribution in [3.05, 3.63) is 201 Å². The van der Waals surface area contributed by atoms with Crippen molar-refractivity contribution in [1.82, 2.24) is 15.0 Å². The molecule has 0 atom stereocenters. The highest BCUT2D eigenvalue weighted by atomic mass is 14.7. The zero-order chi connectivity index (χ0) is 35.8. The van der Waals surface area contributed by atoms with Crippen LogP contribution in [0.4, 0.5) is 0 Å². The summed E-state index contributed by atoms with van der Waals surface area (Å²) in [7, 11) is 0. The normalized spacial score (nSPS) is 11.3. The highest BCUT2D eigenvalue weighted by molar-refractivity contribution is 6.26. The Morgan fingerprint density at radius 1 is 0.204 bits per heavy atom. The van der Waals surface area contributed by atoms with Crippen LogP contribution >= 0.6 is 0 Å². The fraction of sp³-hybridized carbons (Fsp3) is 0. The summed E-state index contributed by atoms with van der Waals surface area (Å²) in [6, 6.07) is 64.7. The molecular formula is C51H33N3. The highest BCUT2D eigenvalue weighted by Crippen LogP contribution is 2.41. The minimum atomic E-state index is 0.963. The van der Waals surface area contributed by atoms with Gasteiger partial charge in [0.2, 0.25) is 0 Å². The number of fused-ring (bicyclic) bond motifs is 6. The first kappa shape index (κ1) is 31.5. The number of pyridine rings is 3. The molecule has 0 radical (unpaired) electrons. The average Bonchev–Trinajstić information content (AvgIpc) is 3.27. The van der Waals surface area contributed by atoms with Gasteiger partial charge < -0.3 is 0 Å². The third kappa shape index (κ3) is 5.78. The van der Waals surface area contributed by atoms with Crippen molar-refractivity contribution < 1.29 is 0 Å². The quantitative estimate of drug-likeness (QED) is 0.163. The van der Waals surface area contributed by atoms with E-state index in [0.717, 1.165) is 67.2 Å². The molecule has 0 unspecified atom stereocenters. The third-order valence-electron chi connectivity index (χ3n) is 10.4. The summed E-state index contributed by atoms with van der Waals surface area (Å²) in [5.74, 6) is 0. The molecule has 0 aliphatic heterocycles. The lowest BCUT2D eigenvalue weighted by atomic mass is 9.89. The number of hydrogen-bond acceptors (Lipinski definition) is 3. The Kier molecular flexibility index (Phi) is 7.81. The molecule has 0 saturated heterocycles. The van der Waals surface area contributed by atoms with E-state index in [1.54, 1.807) is 0 Å². The van der Waals surface area contributed by atoms with Gasteiger partial charge in [-0.2, -0.15) is 0 Å². The van der Waals surface area contributed by atoms with E-state index in [4.69, 9.17) is 15.0 Å². The van der Waals surface area contributed by atoms with E-state index >= 15 is 0 Å². The topological polar surface area (TPSA) is 38.7 Å². The maximum absolute atomic E-state index is 4.71. The predicted octanol–water partition coefficient (Wildman–Crippen LogP) is 13.3. The van der Waals surface area contributed by atoms with E-state index in [0.29, 0.717) is 0 Å². The van der Waals surface area contributed by atoms with E-state index < -0.39 is 0 Å². The summed E-state index contributed by atoms with van der Waals surface area (Å²) in [5, 5.41) is 7.32. The van der Waals surface area contributed by atoms with Gasteiger partial charge in [-0.15, -0.1) is 0 Å². The molecule has 0 saturated carbocycles. The molecule has 10 rings (SSSR count). The zero-order valence-electron chi connectivity index (χ0n) is 29.4. The Morgan fingerprint density at radius 3 is 0.778 bits per heavy atom. The molecular weight excluding hydrogens is 655 g/mol. The van der Waals surface area contributed by atoms with E-state index in [9.17, 15) is 0 Å². The lowest BCUT2D eigenvalue weighted by Crippen LogP contribution is -1.90. The maximum Gasteiger partial charge on any atom is 0.0708 e. The van der Waals surface area contributed by atoms with Crippen molar-refractivity contribution in [3.63, 3.8) is 0 Å². The van der Waals surface area contributed by atoms with Crippen molar-refractivity contribution in [2.24, 2.45) is 0 Å². The summed E-state index contributed by atoms with van der Waals surface area (Å²) in [5.41, 5.74) is 13.1. The number of aromatic nitrogens is 3. The molecule has 3 heteroatoms. The number of hydrogen-bond donors (Lipinski definition) is 0. The highest BCUT2D eigenvalue weighted by Gasteiger charge is 2.14. The van der Waals surface area contributed by atoms with Crippen molar-refractivity contribution in [2.45, 2.75) is 0 Å². The summed E-state index contributed by atoms with van der Waals surface area (Å²) in [4.78, 5) is 14.1. The van der Waals surface area contributed by atoms with Crippen LogP contribution in [0.15, 0.2) is 201 Å². The molecule has 0 aliphatic carbocycles. The molecule has 54 heavy (non-hydrogen) atoms. The number of nitrogens with zero attached hydrogens (tertiary/aromatic N) is 3. The Morgan fingerprint density at radius 2 is 0.481 bits per heavy atom. The second-order valence-electron chi connectivity index (χ2n) is 13.7. The van der Waals surface area contributed by atoms with Gasteiger partial charge >= 0.3 is 0 Å². The van der Waals surface area contributed by atoms with Crippen molar-refractivity contribution >= 4 is 32.3 Å². The average molecular weight is 688 g/mol. The fourth-order valence-electron chi connectivity index (χ4n) is 7.68. The molecule has 3 nitrogen and oxygen atoms in total. The molecule has 252 valence electrons. The molecule has 7 aromatic carbocycles. The van der Waals surface area contributed by atoms with Gasteiger partial charge in [-0.3, -0.25) is 15.0 Å². The number of rotatable bonds is 6. The molecule has 3 heterocycles. The Hall–Kier alpha value is -7.23. The van der Waals surface area contributed by atoms with E-state index in [-0.39, 0.29) is 0 Å². The third-order valence-corrected chi connectivity index (χ3v) is 10.4. The second-order valence-corrected chi connectivity index (χ2v) is 13.7. The first-order valence-electron chi connectivity index (χ1n) is 18.2. The van der Waals surface area contributed by atoms with E-state index in [1.165, 1.54) is 32.3 Å². The first-order valence-corrected chi connectivity index (χ1v) is 18.2. The van der Waals surface area contributed by atoms with Gasteiger partial charge in [-0.05, 0) is 120 Å². The second kappa shape index (κ2) is 13.4. The van der Waals surface area contributed by atoms with Gasteiger partial charge in [0.25, 0.3) is 0 Å². The van der Waals surface area contributed by atoms with Crippen LogP contribution in [0.3, 0.4) is 0 Å². The first-order chi connectivity index (χ1) is 26.7. The molecule has 0 bridgehead atoms. The van der Waals surface area contributed by atoms with Crippen LogP contribution in [0.25, 0.3) is 99.5 Å². The van der Waals surface area contributed by atoms with Crippen LogP contribution in [0.1, 0.15) is 0 Å². The van der Waals surface area contributed by atoms with Crippen LogP contribution in [-0.4, -0.2) is 15.0 Å². The lowest BCUT2D eigenvalue weighted by Gasteiger charge is -2.15. The van der Waals surface area contributed by atoms with Gasteiger partial charge in [0.1, 0.15) is 0 Å². The Balaban J connectivity index is 1.17. The summed E-state index contributed by atoms with van der Waals surface area (Å²) in [6.45, 7) is 0. The minimum Gasteiger partial charge on any atom is -0.256 e. The molecule has 0 amide bonds. The molecule has 3 aromatic heterocycles. The Labute approximate surface area is 313 Å². The molecule has 0 N–H and O–H groups in total. The summed E-state index contributed by atoms with van der Waals surface area (Å²) >= 11 is 0. The standard InChI is InChI=1S/C51H33N3/c1-4-10-34(11-5-1)49-31-40(22-25-52-49)37-16-19-43-46(28-37)44-20-17-38(41-23-26-53-50(32-41)35-12-6-2-7-13-35)30-48(44)45-21-18-39(29-47(43)45)42-24-27-54-51(33-42)36-14-8-3-9-15-36/h1-33H. The van der Waals surface area contributed by atoms with Crippen LogP contribution in [0.2, 0.25) is 0 Å². The predicted molar refractivity (Wildman–Crippen MR) is 225 cm³/mol. The van der Waals surface area contributed by atoms with E-state index in [2.05, 4.69) is 164 Å². The van der Waals surface area contributed by atoms with Gasteiger partial charge in [-0.1, -0.05) is 127 Å². The lowest BCUT2D eigenvalue weighted by molar-refractivity contribution is 1.33. The van der Waals surface area contributed by atoms with Crippen LogP contribution in [-0.2, 0) is 0 Å². The largest absolute Gasteiger partial charge is 0.256 e. The Bertz CT molecular complexity index is 2620. The number of benzene rings is 7. The SMILES string of the molecule is c1ccc(-c2cc(-c3ccc4c(c3)c3ccc(-c5ccnc(-c6ccccc6)c5)cc3c3ccc(-c5ccnc(-c6ccccc6)c5)cc43)ccn2)cc1. The van der Waals surface area contributed by atoms with Gasteiger partial charge in [-0.25, -0.2) is 0 Å². The van der Waals surface area contributed by atoms with Crippen molar-refractivity contribution in [1.29, 1.82) is 0 Å². The van der Waals surface area contributed by atoms with Crippen LogP contribution in [0, 0.1) is 0 Å².